The monoisotopic (exact) mass is 285 g/mol. The molecule has 1 aliphatic heterocycles. The minimum absolute atomic E-state index is 0.298. The van der Waals surface area contributed by atoms with Crippen LogP contribution in [0.25, 0.3) is 10.9 Å². The standard InChI is InChI=1S/C15H15N3O3/c19-14(12-7-3-9-18(12)15(20)21)17-11-6-1-4-10-5-2-8-16-13(10)11/h1-2,4-6,8,12H,3,7,9H2,(H,17,19)(H,20,21)/t12-/m0/s1. The van der Waals surface area contributed by atoms with Crippen molar-refractivity contribution in [3.8, 4) is 0 Å². The van der Waals surface area contributed by atoms with Crippen molar-refractivity contribution in [3.63, 3.8) is 0 Å². The van der Waals surface area contributed by atoms with Gasteiger partial charge in [0.15, 0.2) is 0 Å². The van der Waals surface area contributed by atoms with Gasteiger partial charge in [-0.2, -0.15) is 0 Å². The van der Waals surface area contributed by atoms with E-state index < -0.39 is 12.1 Å². The second kappa shape index (κ2) is 5.40. The van der Waals surface area contributed by atoms with E-state index in [4.69, 9.17) is 5.11 Å². The second-order valence-corrected chi connectivity index (χ2v) is 5.00. The van der Waals surface area contributed by atoms with E-state index in [9.17, 15) is 9.59 Å². The fraction of sp³-hybridized carbons (Fsp3) is 0.267. The molecule has 6 heteroatoms. The number of amides is 2. The van der Waals surface area contributed by atoms with Crippen LogP contribution in [0.15, 0.2) is 36.5 Å². The molecular formula is C15H15N3O3. The maximum atomic E-state index is 12.3. The van der Waals surface area contributed by atoms with Gasteiger partial charge < -0.3 is 10.4 Å². The predicted octanol–water partition coefficient (Wildman–Crippen LogP) is 2.32. The Kier molecular flexibility index (Phi) is 3.43. The molecule has 0 saturated carbocycles. The van der Waals surface area contributed by atoms with E-state index in [2.05, 4.69) is 10.3 Å². The summed E-state index contributed by atoms with van der Waals surface area (Å²) in [5.74, 6) is -0.298. The predicted molar refractivity (Wildman–Crippen MR) is 78.1 cm³/mol. The number of nitrogens with one attached hydrogen (secondary N) is 1. The minimum Gasteiger partial charge on any atom is -0.465 e. The highest BCUT2D eigenvalue weighted by Gasteiger charge is 2.34. The largest absolute Gasteiger partial charge is 0.465 e. The van der Waals surface area contributed by atoms with Crippen LogP contribution in [0.4, 0.5) is 10.5 Å². The van der Waals surface area contributed by atoms with Gasteiger partial charge in [-0.15, -0.1) is 0 Å². The van der Waals surface area contributed by atoms with Gasteiger partial charge >= 0.3 is 6.09 Å². The number of hydrogen-bond acceptors (Lipinski definition) is 3. The number of benzene rings is 1. The third-order valence-electron chi connectivity index (χ3n) is 3.69. The van der Waals surface area contributed by atoms with Crippen molar-refractivity contribution in [1.82, 2.24) is 9.88 Å². The Morgan fingerprint density at radius 2 is 2.10 bits per heavy atom. The number of fused-ring (bicyclic) bond motifs is 1. The van der Waals surface area contributed by atoms with Crippen molar-refractivity contribution in [1.29, 1.82) is 0 Å². The van der Waals surface area contributed by atoms with E-state index in [1.54, 1.807) is 12.3 Å². The Morgan fingerprint density at radius 3 is 2.90 bits per heavy atom. The Hall–Kier alpha value is -2.63. The number of carboxylic acid groups (broad SMARTS) is 1. The number of anilines is 1. The number of carbonyl (C=O) groups is 2. The van der Waals surface area contributed by atoms with Crippen LogP contribution >= 0.6 is 0 Å². The summed E-state index contributed by atoms with van der Waals surface area (Å²) in [5.41, 5.74) is 1.31. The molecule has 0 bridgehead atoms. The fourth-order valence-corrected chi connectivity index (χ4v) is 2.69. The van der Waals surface area contributed by atoms with E-state index in [-0.39, 0.29) is 5.91 Å². The summed E-state index contributed by atoms with van der Waals surface area (Å²) in [6, 6.07) is 8.64. The zero-order valence-corrected chi connectivity index (χ0v) is 11.3. The van der Waals surface area contributed by atoms with E-state index >= 15 is 0 Å². The van der Waals surface area contributed by atoms with E-state index in [0.29, 0.717) is 30.6 Å². The van der Waals surface area contributed by atoms with Crippen LogP contribution in [0.5, 0.6) is 0 Å². The zero-order valence-electron chi connectivity index (χ0n) is 11.3. The quantitative estimate of drug-likeness (QED) is 0.887. The highest BCUT2D eigenvalue weighted by atomic mass is 16.4. The van der Waals surface area contributed by atoms with Gasteiger partial charge in [0.25, 0.3) is 0 Å². The molecule has 6 nitrogen and oxygen atoms in total. The second-order valence-electron chi connectivity index (χ2n) is 5.00. The number of aromatic nitrogens is 1. The lowest BCUT2D eigenvalue weighted by atomic mass is 10.1. The Labute approximate surface area is 121 Å². The topological polar surface area (TPSA) is 82.5 Å². The molecule has 1 fully saturated rings. The molecule has 0 radical (unpaired) electrons. The highest BCUT2D eigenvalue weighted by molar-refractivity contribution is 6.03. The van der Waals surface area contributed by atoms with Crippen molar-refractivity contribution >= 4 is 28.6 Å². The van der Waals surface area contributed by atoms with Crippen LogP contribution in [0, 0.1) is 0 Å². The first-order chi connectivity index (χ1) is 10.2. The summed E-state index contributed by atoms with van der Waals surface area (Å²) in [6.07, 6.45) is 1.87. The average Bonchev–Trinajstić information content (AvgIpc) is 2.97. The molecule has 1 atom stereocenters. The van der Waals surface area contributed by atoms with Gasteiger partial charge in [-0.25, -0.2) is 4.79 Å². The molecule has 0 unspecified atom stereocenters. The van der Waals surface area contributed by atoms with Gasteiger partial charge in [0, 0.05) is 18.1 Å². The number of pyridine rings is 1. The molecule has 2 heterocycles. The third-order valence-corrected chi connectivity index (χ3v) is 3.69. The number of likely N-dealkylation sites (tertiary alicyclic amines) is 1. The molecule has 3 rings (SSSR count). The molecule has 2 N–H and O–H groups in total. The number of rotatable bonds is 2. The first-order valence-electron chi connectivity index (χ1n) is 6.81. The van der Waals surface area contributed by atoms with Crippen molar-refractivity contribution in [2.45, 2.75) is 18.9 Å². The molecule has 1 saturated heterocycles. The Bertz CT molecular complexity index is 696. The van der Waals surface area contributed by atoms with Gasteiger partial charge in [-0.05, 0) is 25.0 Å². The SMILES string of the molecule is O=C(Nc1cccc2cccnc12)[C@@H]1CCCN1C(=O)O. The van der Waals surface area contributed by atoms with Crippen molar-refractivity contribution in [3.05, 3.63) is 36.5 Å². The summed E-state index contributed by atoms with van der Waals surface area (Å²) in [7, 11) is 0. The maximum absolute atomic E-state index is 12.3. The molecule has 2 amide bonds. The minimum atomic E-state index is -1.05. The summed E-state index contributed by atoms with van der Waals surface area (Å²) in [5, 5.41) is 12.8. The number of para-hydroxylation sites is 1. The molecule has 21 heavy (non-hydrogen) atoms. The van der Waals surface area contributed by atoms with Crippen LogP contribution in [0.1, 0.15) is 12.8 Å². The smallest absolute Gasteiger partial charge is 0.407 e. The van der Waals surface area contributed by atoms with Crippen molar-refractivity contribution in [2.24, 2.45) is 0 Å². The van der Waals surface area contributed by atoms with Crippen LogP contribution in [-0.2, 0) is 4.79 Å². The molecular weight excluding hydrogens is 270 g/mol. The normalized spacial score (nSPS) is 17.9. The number of nitrogens with zero attached hydrogens (tertiary/aromatic N) is 2. The van der Waals surface area contributed by atoms with Gasteiger partial charge in [0.05, 0.1) is 11.2 Å². The van der Waals surface area contributed by atoms with E-state index in [1.807, 2.05) is 24.3 Å². The third kappa shape index (κ3) is 2.52. The number of carbonyl (C=O) groups excluding carboxylic acids is 1. The Balaban J connectivity index is 1.85. The van der Waals surface area contributed by atoms with E-state index in [0.717, 1.165) is 5.39 Å². The molecule has 0 spiro atoms. The highest BCUT2D eigenvalue weighted by Crippen LogP contribution is 2.23. The molecule has 1 aliphatic rings. The van der Waals surface area contributed by atoms with Crippen LogP contribution in [-0.4, -0.2) is 39.6 Å². The van der Waals surface area contributed by atoms with Crippen LogP contribution in [0.2, 0.25) is 0 Å². The van der Waals surface area contributed by atoms with E-state index in [1.165, 1.54) is 4.90 Å². The first-order valence-corrected chi connectivity index (χ1v) is 6.81. The average molecular weight is 285 g/mol. The zero-order chi connectivity index (χ0) is 14.8. The van der Waals surface area contributed by atoms with Gasteiger partial charge in [-0.3, -0.25) is 14.7 Å². The first kappa shape index (κ1) is 13.4. The van der Waals surface area contributed by atoms with Gasteiger partial charge in [0.1, 0.15) is 6.04 Å². The number of hydrogen-bond donors (Lipinski definition) is 2. The molecule has 0 aliphatic carbocycles. The fourth-order valence-electron chi connectivity index (χ4n) is 2.69. The summed E-state index contributed by atoms with van der Waals surface area (Å²) in [6.45, 7) is 0.404. The molecule has 108 valence electrons. The van der Waals surface area contributed by atoms with Crippen molar-refractivity contribution in [2.75, 3.05) is 11.9 Å². The molecule has 1 aromatic heterocycles. The summed E-state index contributed by atoms with van der Waals surface area (Å²) in [4.78, 5) is 28.9. The van der Waals surface area contributed by atoms with Crippen LogP contribution < -0.4 is 5.32 Å². The summed E-state index contributed by atoms with van der Waals surface area (Å²) >= 11 is 0. The maximum Gasteiger partial charge on any atom is 0.407 e. The van der Waals surface area contributed by atoms with Crippen LogP contribution in [0.3, 0.4) is 0 Å². The van der Waals surface area contributed by atoms with Crippen molar-refractivity contribution < 1.29 is 14.7 Å². The van der Waals surface area contributed by atoms with Gasteiger partial charge in [-0.1, -0.05) is 18.2 Å². The lowest BCUT2D eigenvalue weighted by Gasteiger charge is -2.20. The lowest BCUT2D eigenvalue weighted by Crippen LogP contribution is -2.42. The lowest BCUT2D eigenvalue weighted by molar-refractivity contribution is -0.119. The summed E-state index contributed by atoms with van der Waals surface area (Å²) < 4.78 is 0. The van der Waals surface area contributed by atoms with Gasteiger partial charge in [0.2, 0.25) is 5.91 Å². The molecule has 2 aromatic rings. The molecule has 1 aromatic carbocycles. The Morgan fingerprint density at radius 1 is 1.29 bits per heavy atom.